The summed E-state index contributed by atoms with van der Waals surface area (Å²) < 4.78 is 39.6. The summed E-state index contributed by atoms with van der Waals surface area (Å²) in [6.45, 7) is 23.2. The number of hydrogen-bond donors (Lipinski definition) is 6. The van der Waals surface area contributed by atoms with Crippen LogP contribution in [0.4, 0.5) is 9.18 Å². The standard InChI is InChI=1S/C26H31FN6O6.C26H38N6O6.C25H36N6O6.C17H28N4O6/c1-15-22(29-30-33(15)12-18-7-4-5-8-21(18)27)24(37)32-10-6-9-26(32)14-31(25(26)38)13-19(35)11-20(23(28)36)16(2)39-17(3)34;1-16-22(28-29-32(16)13-19-8-5-4-6-9-19)24(36)31-11-7-10-26(31)15-30(25(26)37)14-20(34)12-21(23(27)35)17(2)38-18(3)33;1-15-21(27-28-31(15)12-18-7-4-5-8-18)23(35)30-10-6-9-25(30)14-29(24(25)36)13-19(33)11-20(22(26)34)16(2)37-17(3)32;1-10(22)12(13(18)24)19-11(23)8-20-9-17(14(20)25)6-5-7-21(17)15(26)27-16(2,3)4/h4-5,7-8,16,20H,6,9-14H2,1-3H3,(H2,28,36);17,19,21H,4-15H2,1-3H3,(H2,27,35);16,18,20H,4-14H2,1-3H3,(H2,26,34);10,12,22H,5-9H2,1-4H3,(H2,18,24)(H,19,23)/t16-,20+,26?;17-,21+,26?;16-,20+,25?;/m111./s1. The number of rotatable bonds is 35. The van der Waals surface area contributed by atoms with Crippen molar-refractivity contribution in [2.45, 2.75) is 296 Å². The minimum atomic E-state index is -1.23. The van der Waals surface area contributed by atoms with E-state index in [0.29, 0.717) is 112 Å². The first-order valence-electron chi connectivity index (χ1n) is 48.2. The summed E-state index contributed by atoms with van der Waals surface area (Å²) in [6, 6.07) is 5.03. The molecule has 4 aromatic rings. The van der Waals surface area contributed by atoms with Gasteiger partial charge in [-0.25, -0.2) is 23.2 Å². The van der Waals surface area contributed by atoms with Crippen molar-refractivity contribution < 1.29 is 120 Å². The van der Waals surface area contributed by atoms with Gasteiger partial charge in [-0.15, -0.1) is 15.3 Å². The van der Waals surface area contributed by atoms with Crippen LogP contribution in [0, 0.1) is 56.2 Å². The molecule has 141 heavy (non-hydrogen) atoms. The molecule has 770 valence electrons. The van der Waals surface area contributed by atoms with Gasteiger partial charge < -0.3 is 86.6 Å². The molecule has 3 aromatic heterocycles. The van der Waals surface area contributed by atoms with Gasteiger partial charge in [0.1, 0.15) is 57.9 Å². The average Bonchev–Trinajstić information content (AvgIpc) is 1.64. The zero-order valence-electron chi connectivity index (χ0n) is 82.5. The van der Waals surface area contributed by atoms with Crippen LogP contribution >= 0.6 is 0 Å². The predicted molar refractivity (Wildman–Crippen MR) is 492 cm³/mol. The Morgan fingerprint density at radius 2 is 0.766 bits per heavy atom. The van der Waals surface area contributed by atoms with Crippen molar-refractivity contribution in [3.05, 3.63) is 69.8 Å². The average molecular weight is 1970 g/mol. The normalized spacial score (nSPS) is 22.6. The number of carbonyl (C=O) groups is 19. The van der Waals surface area contributed by atoms with E-state index in [1.165, 1.54) is 121 Å². The topological polar surface area (TPSA) is 616 Å². The molecular formula is C94H133FN22O24. The molecule has 0 bridgehead atoms. The van der Waals surface area contributed by atoms with Gasteiger partial charge in [-0.2, -0.15) is 0 Å². The van der Waals surface area contributed by atoms with Crippen LogP contribution in [0.25, 0.3) is 0 Å². The maximum atomic E-state index is 14.1. The number of halogens is 1. The Kier molecular flexibility index (Phi) is 34.7. The number of β-lactam (4-membered cyclic amide) rings is 4. The monoisotopic (exact) mass is 1970 g/mol. The van der Waals surface area contributed by atoms with E-state index in [2.05, 4.69) is 36.3 Å². The van der Waals surface area contributed by atoms with Gasteiger partial charge in [0.25, 0.3) is 41.4 Å². The number of primary amides is 4. The lowest BCUT2D eigenvalue weighted by molar-refractivity contribution is -0.162. The van der Waals surface area contributed by atoms with Crippen LogP contribution in [-0.2, 0) is 110 Å². The predicted octanol–water partition coefficient (Wildman–Crippen LogP) is 1.15. The van der Waals surface area contributed by atoms with Crippen molar-refractivity contribution in [3.8, 4) is 0 Å². The lowest BCUT2D eigenvalue weighted by Crippen LogP contribution is -2.74. The Labute approximate surface area is 814 Å². The highest BCUT2D eigenvalue weighted by atomic mass is 19.1. The lowest BCUT2D eigenvalue weighted by atomic mass is 9.84. The molecule has 12 atom stereocenters. The molecule has 14 rings (SSSR count). The zero-order chi connectivity index (χ0) is 104. The van der Waals surface area contributed by atoms with Crippen LogP contribution in [0.15, 0.2) is 24.3 Å². The van der Waals surface area contributed by atoms with E-state index >= 15 is 0 Å². The van der Waals surface area contributed by atoms with Gasteiger partial charge in [0.05, 0.1) is 99.8 Å². The number of aliphatic hydroxyl groups excluding tert-OH is 1. The van der Waals surface area contributed by atoms with Gasteiger partial charge in [0.2, 0.25) is 29.5 Å². The minimum Gasteiger partial charge on any atom is -0.462 e. The Morgan fingerprint density at radius 3 is 1.08 bits per heavy atom. The number of benzene rings is 1. The number of ketones is 3. The largest absolute Gasteiger partial charge is 0.462 e. The summed E-state index contributed by atoms with van der Waals surface area (Å²) in [5.41, 5.74) is 19.6. The maximum absolute atomic E-state index is 14.1. The molecule has 10 N–H and O–H groups in total. The number of amides is 13. The number of Topliss-reactive ketones (excluding diaryl/α,β-unsaturated/α-hetero) is 3. The van der Waals surface area contributed by atoms with E-state index < -0.39 is 147 Å². The first-order chi connectivity index (χ1) is 66.4. The van der Waals surface area contributed by atoms with E-state index in [0.717, 1.165) is 38.8 Å². The number of esters is 3. The fraction of sp³-hybridized carbons (Fsp3) is 0.670. The Morgan fingerprint density at radius 1 is 0.454 bits per heavy atom. The Bertz CT molecular complexity index is 5470. The van der Waals surface area contributed by atoms with Crippen LogP contribution in [-0.4, -0.2) is 338 Å². The molecule has 6 unspecified atom stereocenters. The summed E-state index contributed by atoms with van der Waals surface area (Å²) in [4.78, 5) is 248. The molecule has 2 saturated carbocycles. The summed E-state index contributed by atoms with van der Waals surface area (Å²) in [5, 5.41) is 36.7. The van der Waals surface area contributed by atoms with Gasteiger partial charge in [-0.05, 0) is 164 Å². The zero-order valence-corrected chi connectivity index (χ0v) is 82.5. The van der Waals surface area contributed by atoms with Crippen molar-refractivity contribution in [1.82, 2.24) is 89.5 Å². The number of carbonyl (C=O) groups excluding carboxylic acids is 19. The lowest BCUT2D eigenvalue weighted by Gasteiger charge is -2.50. The van der Waals surface area contributed by atoms with Crippen LogP contribution < -0.4 is 28.3 Å². The molecule has 8 aliphatic heterocycles. The maximum Gasteiger partial charge on any atom is 0.411 e. The molecule has 10 aliphatic rings. The summed E-state index contributed by atoms with van der Waals surface area (Å²) in [7, 11) is 0. The van der Waals surface area contributed by atoms with E-state index in [-0.39, 0.29) is 142 Å². The Balaban J connectivity index is 0.000000181. The van der Waals surface area contributed by atoms with E-state index in [1.807, 2.05) is 18.5 Å². The molecule has 46 nitrogen and oxygen atoms in total. The molecule has 1 aromatic carbocycles. The Hall–Kier alpha value is -13.1. The molecule has 2 aliphatic carbocycles. The van der Waals surface area contributed by atoms with Crippen LogP contribution in [0.3, 0.4) is 0 Å². The third kappa shape index (κ3) is 24.4. The van der Waals surface area contributed by atoms with Crippen LogP contribution in [0.2, 0.25) is 0 Å². The quantitative estimate of drug-likeness (QED) is 0.0214. The number of hydrogen-bond acceptors (Lipinski definition) is 30. The second-order valence-corrected chi connectivity index (χ2v) is 39.9. The van der Waals surface area contributed by atoms with Crippen molar-refractivity contribution in [2.24, 2.45) is 52.5 Å². The minimum absolute atomic E-state index is 0.0821. The van der Waals surface area contributed by atoms with Crippen molar-refractivity contribution in [2.75, 3.05) is 78.5 Å². The van der Waals surface area contributed by atoms with Crippen LogP contribution in [0.1, 0.15) is 252 Å². The molecule has 8 saturated heterocycles. The number of nitrogens with zero attached hydrogens (tertiary/aromatic N) is 17. The van der Waals surface area contributed by atoms with E-state index in [4.69, 9.17) is 41.9 Å². The number of nitrogens with two attached hydrogens (primary N) is 4. The van der Waals surface area contributed by atoms with Gasteiger partial charge >= 0.3 is 24.0 Å². The first kappa shape index (κ1) is 108. The number of likely N-dealkylation sites (tertiary alicyclic amines) is 8. The van der Waals surface area contributed by atoms with E-state index in [1.54, 1.807) is 60.4 Å². The highest BCUT2D eigenvalue weighted by Crippen LogP contribution is 2.45. The highest BCUT2D eigenvalue weighted by Gasteiger charge is 2.65. The second-order valence-electron chi connectivity index (χ2n) is 39.9. The number of nitrogens with one attached hydrogen (secondary N) is 1. The number of aliphatic hydroxyl groups is 1. The fourth-order valence-corrected chi connectivity index (χ4v) is 21.0. The summed E-state index contributed by atoms with van der Waals surface area (Å²) in [5.74, 6) is -11.3. The van der Waals surface area contributed by atoms with Gasteiger partial charge in [0, 0.05) is 84.9 Å². The van der Waals surface area contributed by atoms with Crippen molar-refractivity contribution in [3.63, 3.8) is 0 Å². The third-order valence-electron chi connectivity index (χ3n) is 28.5. The number of ether oxygens (including phenoxy) is 4. The summed E-state index contributed by atoms with van der Waals surface area (Å²) in [6.07, 6.45) is 10.3. The molecule has 11 heterocycles. The number of aromatic nitrogens is 9. The molecule has 13 amide bonds. The summed E-state index contributed by atoms with van der Waals surface area (Å²) >= 11 is 0. The highest BCUT2D eigenvalue weighted by molar-refractivity contribution is 6.07. The van der Waals surface area contributed by atoms with Crippen molar-refractivity contribution >= 4 is 112 Å². The van der Waals surface area contributed by atoms with Gasteiger partial charge in [0.15, 0.2) is 34.4 Å². The molecule has 0 radical (unpaired) electrons. The second kappa shape index (κ2) is 45.2. The van der Waals surface area contributed by atoms with E-state index in [9.17, 15) is 101 Å². The van der Waals surface area contributed by atoms with Crippen molar-refractivity contribution in [1.29, 1.82) is 0 Å². The molecule has 10 fully saturated rings. The molecule has 47 heteroatoms. The van der Waals surface area contributed by atoms with Crippen LogP contribution in [0.5, 0.6) is 0 Å². The molecule has 4 spiro atoms. The first-order valence-corrected chi connectivity index (χ1v) is 48.2. The SMILES string of the molecule is CC(=O)O[C@H](C)[C@H](CC(=O)CN1CC2(CCCN2C(=O)c2nnn(CC3CCCC3)c2C)C1=O)C(N)=O.CC(=O)O[C@H](C)[C@H](CC(=O)CN1CC2(CCCN2C(=O)c2nnn(CC3CCCCC3)c2C)C1=O)C(N)=O.CC(=O)O[C@H](C)[C@H](CC(=O)CN1CC2(CCCN2C(=O)c2nnn(Cc3ccccc3F)c2C)C1=O)C(N)=O.CC(O)C(NC(=O)CN1CC2(CCCN2C(=O)OC(C)(C)C)C1=O)C(N)=O. The third-order valence-corrected chi connectivity index (χ3v) is 28.5. The smallest absolute Gasteiger partial charge is 0.411 e. The van der Waals surface area contributed by atoms with Gasteiger partial charge in [-0.1, -0.05) is 65.9 Å². The van der Waals surface area contributed by atoms with Gasteiger partial charge in [-0.3, -0.25) is 91.2 Å². The molecular weight excluding hydrogens is 1840 g/mol. The fourth-order valence-electron chi connectivity index (χ4n) is 21.0.